The predicted molar refractivity (Wildman–Crippen MR) is 181 cm³/mol. The number of alkyl halides is 9. The summed E-state index contributed by atoms with van der Waals surface area (Å²) < 4.78 is 131. The number of carbonyl (C=O) groups is 1. The van der Waals surface area contributed by atoms with Crippen LogP contribution in [-0.2, 0) is 48.3 Å². The number of aryl methyl sites for hydroxylation is 2. The highest BCUT2D eigenvalue weighted by molar-refractivity contribution is 5.70. The molecule has 0 spiro atoms. The minimum absolute atomic E-state index is 0.0275. The lowest BCUT2D eigenvalue weighted by Crippen LogP contribution is -2.32. The van der Waals surface area contributed by atoms with Crippen LogP contribution in [0.15, 0.2) is 60.7 Å². The van der Waals surface area contributed by atoms with Gasteiger partial charge in [-0.1, -0.05) is 55.3 Å². The molecule has 0 bridgehead atoms. The number of tetrazole rings is 1. The van der Waals surface area contributed by atoms with Crippen LogP contribution in [0.25, 0.3) is 0 Å². The minimum atomic E-state index is -5.10. The average Bonchev–Trinajstić information content (AvgIpc) is 3.42. The quantitative estimate of drug-likeness (QED) is 0.111. The molecule has 1 aliphatic heterocycles. The van der Waals surface area contributed by atoms with Gasteiger partial charge in [0.05, 0.1) is 36.2 Å². The number of benzene rings is 3. The molecule has 0 saturated heterocycles. The van der Waals surface area contributed by atoms with E-state index in [1.165, 1.54) is 24.9 Å². The van der Waals surface area contributed by atoms with Crippen molar-refractivity contribution in [2.75, 3.05) is 22.9 Å². The molecule has 1 atom stereocenters. The molecular formula is C37H39F9N6O2. The maximum absolute atomic E-state index is 14.3. The fourth-order valence-corrected chi connectivity index (χ4v) is 6.59. The molecule has 0 fully saturated rings. The molecule has 0 saturated carbocycles. The summed E-state index contributed by atoms with van der Waals surface area (Å²) >= 11 is 0. The zero-order chi connectivity index (χ0) is 39.6. The number of fused-ring (bicyclic) bond motifs is 1. The third-order valence-corrected chi connectivity index (χ3v) is 9.34. The Kier molecular flexibility index (Phi) is 11.6. The van der Waals surface area contributed by atoms with Crippen LogP contribution in [0.4, 0.5) is 51.1 Å². The first-order valence-electron chi connectivity index (χ1n) is 17.1. The van der Waals surface area contributed by atoms with E-state index < -0.39 is 59.2 Å². The number of halogens is 9. The van der Waals surface area contributed by atoms with Crippen molar-refractivity contribution >= 4 is 17.6 Å². The van der Waals surface area contributed by atoms with Crippen LogP contribution in [0.1, 0.15) is 84.5 Å². The zero-order valence-electron chi connectivity index (χ0n) is 29.9. The highest BCUT2D eigenvalue weighted by atomic mass is 19.4. The fourth-order valence-electron chi connectivity index (χ4n) is 6.59. The van der Waals surface area contributed by atoms with Gasteiger partial charge in [0.1, 0.15) is 6.61 Å². The van der Waals surface area contributed by atoms with Gasteiger partial charge in [-0.2, -0.15) is 44.3 Å². The molecule has 0 radical (unpaired) electrons. The van der Waals surface area contributed by atoms with Crippen molar-refractivity contribution in [3.05, 3.63) is 99.6 Å². The van der Waals surface area contributed by atoms with Crippen LogP contribution in [0, 0.1) is 12.3 Å². The summed E-state index contributed by atoms with van der Waals surface area (Å²) in [4.78, 5) is 17.0. The van der Waals surface area contributed by atoms with Gasteiger partial charge in [0.15, 0.2) is 0 Å². The summed E-state index contributed by atoms with van der Waals surface area (Å²) in [6.45, 7) is 5.01. The number of rotatable bonds is 11. The number of carbonyl (C=O) groups excluding carboxylic acids is 1. The van der Waals surface area contributed by atoms with Crippen molar-refractivity contribution in [2.24, 2.45) is 12.5 Å². The normalized spacial score (nSPS) is 15.5. The van der Waals surface area contributed by atoms with E-state index >= 15 is 0 Å². The van der Waals surface area contributed by atoms with Crippen molar-refractivity contribution in [1.29, 1.82) is 0 Å². The van der Waals surface area contributed by atoms with Crippen molar-refractivity contribution in [2.45, 2.75) is 84.2 Å². The SMILES string of the molecule is Cc1cc2c(cc1C(F)(F)F)N(CCC(C)(C)CC(=O)OCc1ccccc1)CCC[C@@H]2N(Cc1cc(C(F)(F)F)cc(C(F)(F)F)c1)c1nnn(C)n1. The first-order valence-corrected chi connectivity index (χ1v) is 17.1. The number of esters is 1. The summed E-state index contributed by atoms with van der Waals surface area (Å²) in [5.41, 5.74) is -3.68. The molecule has 17 heteroatoms. The topological polar surface area (TPSA) is 76.4 Å². The molecule has 292 valence electrons. The van der Waals surface area contributed by atoms with E-state index in [2.05, 4.69) is 15.4 Å². The molecule has 0 N–H and O–H groups in total. The summed E-state index contributed by atoms with van der Waals surface area (Å²) in [5.74, 6) is -0.578. The highest BCUT2D eigenvalue weighted by Crippen LogP contribution is 2.45. The zero-order valence-corrected chi connectivity index (χ0v) is 29.9. The van der Waals surface area contributed by atoms with E-state index in [-0.39, 0.29) is 61.4 Å². The van der Waals surface area contributed by atoms with Gasteiger partial charge in [-0.25, -0.2) is 0 Å². The fraction of sp³-hybridized carbons (Fsp3) is 0.459. The van der Waals surface area contributed by atoms with Gasteiger partial charge in [-0.05, 0) is 83.3 Å². The van der Waals surface area contributed by atoms with Crippen LogP contribution >= 0.6 is 0 Å². The molecule has 1 aliphatic rings. The molecule has 8 nitrogen and oxygen atoms in total. The average molecular weight is 771 g/mol. The molecule has 0 aliphatic carbocycles. The van der Waals surface area contributed by atoms with Gasteiger partial charge in [-0.15, -0.1) is 5.10 Å². The van der Waals surface area contributed by atoms with E-state index in [9.17, 15) is 44.3 Å². The van der Waals surface area contributed by atoms with E-state index in [0.29, 0.717) is 30.5 Å². The number of nitrogens with zero attached hydrogens (tertiary/aromatic N) is 6. The molecular weight excluding hydrogens is 731 g/mol. The second kappa shape index (κ2) is 15.5. The highest BCUT2D eigenvalue weighted by Gasteiger charge is 2.40. The molecule has 3 aromatic carbocycles. The van der Waals surface area contributed by atoms with Crippen LogP contribution in [-0.4, -0.2) is 39.3 Å². The molecule has 1 aromatic heterocycles. The Balaban J connectivity index is 1.50. The van der Waals surface area contributed by atoms with Crippen LogP contribution in [0.2, 0.25) is 0 Å². The van der Waals surface area contributed by atoms with Crippen LogP contribution in [0.3, 0.4) is 0 Å². The monoisotopic (exact) mass is 770 g/mol. The summed E-state index contributed by atoms with van der Waals surface area (Å²) in [7, 11) is 1.42. The van der Waals surface area contributed by atoms with Crippen molar-refractivity contribution in [1.82, 2.24) is 20.2 Å². The molecule has 0 amide bonds. The first kappa shape index (κ1) is 40.4. The van der Waals surface area contributed by atoms with Gasteiger partial charge in [-0.3, -0.25) is 4.79 Å². The minimum Gasteiger partial charge on any atom is -0.461 e. The van der Waals surface area contributed by atoms with Crippen LogP contribution in [0.5, 0.6) is 0 Å². The number of anilines is 2. The lowest BCUT2D eigenvalue weighted by molar-refractivity contribution is -0.147. The van der Waals surface area contributed by atoms with E-state index in [1.54, 1.807) is 4.90 Å². The third kappa shape index (κ3) is 10.0. The molecule has 0 unspecified atom stereocenters. The summed E-state index contributed by atoms with van der Waals surface area (Å²) in [6, 6.07) is 11.8. The van der Waals surface area contributed by atoms with Gasteiger partial charge < -0.3 is 14.5 Å². The van der Waals surface area contributed by atoms with E-state index in [0.717, 1.165) is 16.4 Å². The second-order valence-corrected chi connectivity index (χ2v) is 14.2. The molecule has 54 heavy (non-hydrogen) atoms. The van der Waals surface area contributed by atoms with Gasteiger partial charge in [0, 0.05) is 25.3 Å². The lowest BCUT2D eigenvalue weighted by atomic mass is 9.85. The smallest absolute Gasteiger partial charge is 0.416 e. The first-order chi connectivity index (χ1) is 25.1. The Bertz CT molecular complexity index is 1890. The van der Waals surface area contributed by atoms with Crippen LogP contribution < -0.4 is 9.80 Å². The number of hydrogen-bond donors (Lipinski definition) is 0. The summed E-state index contributed by atoms with van der Waals surface area (Å²) in [5, 5.41) is 12.0. The number of ether oxygens (including phenoxy) is 1. The van der Waals surface area contributed by atoms with Gasteiger partial charge >= 0.3 is 24.5 Å². The number of aromatic nitrogens is 4. The Hall–Kier alpha value is -4.83. The molecule has 2 heterocycles. The van der Waals surface area contributed by atoms with Crippen molar-refractivity contribution in [3.8, 4) is 0 Å². The van der Waals surface area contributed by atoms with E-state index in [1.807, 2.05) is 44.2 Å². The van der Waals surface area contributed by atoms with Gasteiger partial charge in [0.2, 0.25) is 0 Å². The second-order valence-electron chi connectivity index (χ2n) is 14.2. The predicted octanol–water partition coefficient (Wildman–Crippen LogP) is 9.47. The Labute approximate surface area is 305 Å². The third-order valence-electron chi connectivity index (χ3n) is 9.34. The Morgan fingerprint density at radius 2 is 1.54 bits per heavy atom. The number of hydrogen-bond acceptors (Lipinski definition) is 7. The van der Waals surface area contributed by atoms with Gasteiger partial charge in [0.25, 0.3) is 5.95 Å². The summed E-state index contributed by atoms with van der Waals surface area (Å²) in [6.07, 6.45) is -13.9. The van der Waals surface area contributed by atoms with Crippen molar-refractivity contribution < 1.29 is 49.0 Å². The maximum atomic E-state index is 14.3. The lowest BCUT2D eigenvalue weighted by Gasteiger charge is -2.34. The maximum Gasteiger partial charge on any atom is 0.416 e. The Morgan fingerprint density at radius 3 is 2.11 bits per heavy atom. The van der Waals surface area contributed by atoms with Crippen molar-refractivity contribution in [3.63, 3.8) is 0 Å². The standard InChI is InChI=1S/C37H39F9N6O2/c1-23-15-28-30(52(33-47-49-50(4)48-33)21-25-16-26(35(38,39)40)18-27(17-25)36(41,42)43)11-8-13-51(31(28)19-29(23)37(44,45)46)14-12-34(2,3)20-32(53)54-22-24-9-6-5-7-10-24/h5-7,9-10,15-19,30H,8,11-14,20-22H2,1-4H3/t30-/m0/s1. The van der Waals surface area contributed by atoms with E-state index in [4.69, 9.17) is 4.74 Å². The molecule has 4 aromatic rings. The Morgan fingerprint density at radius 1 is 0.889 bits per heavy atom. The molecule has 5 rings (SSSR count). The largest absolute Gasteiger partial charge is 0.461 e.